The maximum atomic E-state index is 12.9. The molecule has 3 aromatic rings. The summed E-state index contributed by atoms with van der Waals surface area (Å²) in [5.74, 6) is -0.848. The highest BCUT2D eigenvalue weighted by atomic mass is 19.4. The van der Waals surface area contributed by atoms with Crippen LogP contribution in [0, 0.1) is 6.92 Å². The molecule has 114 valence electrons. The summed E-state index contributed by atoms with van der Waals surface area (Å²) < 4.78 is 38.6. The molecule has 10 heteroatoms. The van der Waals surface area contributed by atoms with Crippen LogP contribution >= 0.6 is 0 Å². The van der Waals surface area contributed by atoms with E-state index in [0.29, 0.717) is 11.4 Å². The highest BCUT2D eigenvalue weighted by Crippen LogP contribution is 2.39. The lowest BCUT2D eigenvalue weighted by atomic mass is 10.0. The van der Waals surface area contributed by atoms with Gasteiger partial charge >= 0.3 is 6.18 Å². The smallest absolute Gasteiger partial charge is 0.419 e. The van der Waals surface area contributed by atoms with Gasteiger partial charge in [-0.3, -0.25) is 0 Å². The van der Waals surface area contributed by atoms with Crippen LogP contribution in [0.4, 0.5) is 13.2 Å². The topological polar surface area (TPSA) is 103 Å². The van der Waals surface area contributed by atoms with Crippen LogP contribution in [0.25, 0.3) is 22.6 Å². The van der Waals surface area contributed by atoms with Crippen molar-refractivity contribution in [2.75, 3.05) is 0 Å². The fourth-order valence-corrected chi connectivity index (χ4v) is 2.02. The number of nitrogens with one attached hydrogen (secondary N) is 2. The minimum absolute atomic E-state index is 0.149. The van der Waals surface area contributed by atoms with Gasteiger partial charge in [0.05, 0.1) is 11.3 Å². The van der Waals surface area contributed by atoms with Crippen molar-refractivity contribution in [3.63, 3.8) is 0 Å². The molecule has 0 unspecified atom stereocenters. The summed E-state index contributed by atoms with van der Waals surface area (Å²) in [5, 5.41) is 29.7. The predicted octanol–water partition coefficient (Wildman–Crippen LogP) is 2.29. The largest absolute Gasteiger partial charge is 0.507 e. The summed E-state index contributed by atoms with van der Waals surface area (Å²) >= 11 is 0. The molecule has 0 fully saturated rings. The van der Waals surface area contributed by atoms with Crippen molar-refractivity contribution in [1.82, 2.24) is 30.8 Å². The fourth-order valence-electron chi connectivity index (χ4n) is 2.02. The molecule has 7 nitrogen and oxygen atoms in total. The molecule has 1 aromatic carbocycles. The molecule has 0 aliphatic rings. The maximum absolute atomic E-state index is 12.9. The molecule has 3 rings (SSSR count). The third-order valence-electron chi connectivity index (χ3n) is 3.07. The van der Waals surface area contributed by atoms with Gasteiger partial charge < -0.3 is 5.11 Å². The summed E-state index contributed by atoms with van der Waals surface area (Å²) in [6.07, 6.45) is -4.67. The minimum Gasteiger partial charge on any atom is -0.507 e. The van der Waals surface area contributed by atoms with E-state index in [0.717, 1.165) is 12.1 Å². The molecular weight excluding hydrogens is 301 g/mol. The number of phenolic OH excluding ortho intramolecular Hbond substituents is 1. The summed E-state index contributed by atoms with van der Waals surface area (Å²) in [6, 6.07) is 3.10. The summed E-state index contributed by atoms with van der Waals surface area (Å²) in [6.45, 7) is 1.68. The average molecular weight is 310 g/mol. The molecule has 2 heterocycles. The number of aromatic nitrogens is 6. The first kappa shape index (κ1) is 14.0. The van der Waals surface area contributed by atoms with Crippen LogP contribution in [0.3, 0.4) is 0 Å². The van der Waals surface area contributed by atoms with Gasteiger partial charge in [0.25, 0.3) is 0 Å². The van der Waals surface area contributed by atoms with Crippen LogP contribution in [0.1, 0.15) is 11.3 Å². The molecule has 0 amide bonds. The molecule has 0 atom stereocenters. The van der Waals surface area contributed by atoms with Crippen LogP contribution in [0.5, 0.6) is 5.75 Å². The molecule has 2 aromatic heterocycles. The molecule has 0 saturated heterocycles. The van der Waals surface area contributed by atoms with Crippen LogP contribution < -0.4 is 0 Å². The molecule has 0 radical (unpaired) electrons. The van der Waals surface area contributed by atoms with Gasteiger partial charge in [-0.25, -0.2) is 0 Å². The van der Waals surface area contributed by atoms with E-state index in [9.17, 15) is 18.3 Å². The van der Waals surface area contributed by atoms with E-state index in [-0.39, 0.29) is 17.0 Å². The average Bonchev–Trinajstić information content (AvgIpc) is 3.06. The number of rotatable bonds is 2. The van der Waals surface area contributed by atoms with Gasteiger partial charge in [0.2, 0.25) is 0 Å². The Kier molecular flexibility index (Phi) is 3.08. The van der Waals surface area contributed by atoms with E-state index in [1.54, 1.807) is 6.92 Å². The number of benzene rings is 1. The van der Waals surface area contributed by atoms with E-state index >= 15 is 0 Å². The fraction of sp³-hybridized carbons (Fsp3) is 0.167. The number of halogens is 3. The summed E-state index contributed by atoms with van der Waals surface area (Å²) in [7, 11) is 0. The van der Waals surface area contributed by atoms with Crippen molar-refractivity contribution >= 4 is 0 Å². The van der Waals surface area contributed by atoms with Gasteiger partial charge in [0.15, 0.2) is 0 Å². The number of aromatic amines is 2. The number of phenols is 1. The normalized spacial score (nSPS) is 11.8. The molecule has 3 N–H and O–H groups in total. The zero-order valence-electron chi connectivity index (χ0n) is 11.1. The van der Waals surface area contributed by atoms with Crippen LogP contribution in [0.2, 0.25) is 0 Å². The number of hydrogen-bond donors (Lipinski definition) is 3. The van der Waals surface area contributed by atoms with Crippen LogP contribution in [-0.2, 0) is 6.18 Å². The van der Waals surface area contributed by atoms with Crippen molar-refractivity contribution in [2.45, 2.75) is 13.1 Å². The zero-order valence-corrected chi connectivity index (χ0v) is 11.1. The van der Waals surface area contributed by atoms with E-state index < -0.39 is 17.5 Å². The minimum atomic E-state index is -4.67. The van der Waals surface area contributed by atoms with E-state index in [1.165, 1.54) is 6.07 Å². The zero-order chi connectivity index (χ0) is 15.9. The molecule has 0 aliphatic carbocycles. The number of H-pyrrole nitrogens is 2. The number of alkyl halides is 3. The Morgan fingerprint density at radius 1 is 0.955 bits per heavy atom. The van der Waals surface area contributed by atoms with Gasteiger partial charge in [-0.2, -0.15) is 44.0 Å². The van der Waals surface area contributed by atoms with Gasteiger partial charge in [-0.15, -0.1) is 0 Å². The number of aromatic hydroxyl groups is 1. The first-order chi connectivity index (χ1) is 10.4. The standard InChI is InChI=1S/C12H9F3N6O/c1-5-9(17-20-16-5)11-10(18-21-19-11)6-2-3-8(22)7(4-6)12(13,14)15/h2-4,22H,1H3,(H,16,17,20)(H,18,19,21). The monoisotopic (exact) mass is 310 g/mol. The maximum Gasteiger partial charge on any atom is 0.419 e. The highest BCUT2D eigenvalue weighted by Gasteiger charge is 2.34. The second-order valence-electron chi connectivity index (χ2n) is 4.51. The lowest BCUT2D eigenvalue weighted by molar-refractivity contribution is -0.138. The Hall–Kier alpha value is -2.91. The van der Waals surface area contributed by atoms with Crippen molar-refractivity contribution in [3.05, 3.63) is 29.5 Å². The number of aryl methyl sites for hydroxylation is 1. The second-order valence-corrected chi connectivity index (χ2v) is 4.51. The SMILES string of the molecule is Cc1n[nH]nc1-c1n[nH]nc1-c1ccc(O)c(C(F)(F)F)c1. The molecule has 0 bridgehead atoms. The highest BCUT2D eigenvalue weighted by molar-refractivity contribution is 5.77. The molecule has 0 saturated carbocycles. The van der Waals surface area contributed by atoms with Crippen molar-refractivity contribution in [2.24, 2.45) is 0 Å². The molecule has 0 spiro atoms. The Morgan fingerprint density at radius 2 is 1.59 bits per heavy atom. The van der Waals surface area contributed by atoms with Crippen LogP contribution in [-0.4, -0.2) is 35.9 Å². The third-order valence-corrected chi connectivity index (χ3v) is 3.07. The van der Waals surface area contributed by atoms with Crippen molar-refractivity contribution in [3.8, 4) is 28.4 Å². The lowest BCUT2D eigenvalue weighted by Gasteiger charge is -2.10. The quantitative estimate of drug-likeness (QED) is 0.674. The van der Waals surface area contributed by atoms with Crippen molar-refractivity contribution < 1.29 is 18.3 Å². The van der Waals surface area contributed by atoms with E-state index in [1.807, 2.05) is 0 Å². The van der Waals surface area contributed by atoms with Gasteiger partial charge in [0, 0.05) is 5.56 Å². The molecular formula is C12H9F3N6O. The van der Waals surface area contributed by atoms with Crippen molar-refractivity contribution in [1.29, 1.82) is 0 Å². The summed E-state index contributed by atoms with van der Waals surface area (Å²) in [4.78, 5) is 0. The molecule has 22 heavy (non-hydrogen) atoms. The first-order valence-corrected chi connectivity index (χ1v) is 6.07. The van der Waals surface area contributed by atoms with Gasteiger partial charge in [0.1, 0.15) is 22.8 Å². The Labute approximate surface area is 121 Å². The van der Waals surface area contributed by atoms with Gasteiger partial charge in [-0.05, 0) is 25.1 Å². The van der Waals surface area contributed by atoms with Crippen LogP contribution in [0.15, 0.2) is 18.2 Å². The first-order valence-electron chi connectivity index (χ1n) is 6.07. The third kappa shape index (κ3) is 2.28. The summed E-state index contributed by atoms with van der Waals surface area (Å²) in [5.41, 5.74) is 0.370. The Bertz CT molecular complexity index is 822. The Morgan fingerprint density at radius 3 is 2.23 bits per heavy atom. The van der Waals surface area contributed by atoms with E-state index in [4.69, 9.17) is 0 Å². The van der Waals surface area contributed by atoms with E-state index in [2.05, 4.69) is 30.8 Å². The Balaban J connectivity index is 2.15. The molecule has 0 aliphatic heterocycles. The van der Waals surface area contributed by atoms with Gasteiger partial charge in [-0.1, -0.05) is 0 Å². The predicted molar refractivity (Wildman–Crippen MR) is 68.6 cm³/mol. The number of hydrogen-bond acceptors (Lipinski definition) is 5. The lowest BCUT2D eigenvalue weighted by Crippen LogP contribution is -2.05. The second kappa shape index (κ2) is 4.83. The number of nitrogens with zero attached hydrogens (tertiary/aromatic N) is 4.